The molecule has 1 aromatic heterocycles. The number of carbonyl (C=O) groups excluding carboxylic acids is 1. The molecule has 0 bridgehead atoms. The second-order valence-electron chi connectivity index (χ2n) is 5.06. The van der Waals surface area contributed by atoms with Crippen LogP contribution >= 0.6 is 11.6 Å². The third kappa shape index (κ3) is 3.14. The number of hydrogen-bond donors (Lipinski definition) is 0. The Hall–Kier alpha value is -2.13. The van der Waals surface area contributed by atoms with Crippen molar-refractivity contribution in [2.24, 2.45) is 0 Å². The third-order valence-electron chi connectivity index (χ3n) is 3.25. The Bertz CT molecular complexity index is 774. The topological polar surface area (TPSA) is 43.1 Å². The predicted molar refractivity (Wildman–Crippen MR) is 82.7 cm³/mol. The summed E-state index contributed by atoms with van der Waals surface area (Å²) in [5.74, 6) is 0.759. The Balaban J connectivity index is 1.85. The van der Waals surface area contributed by atoms with E-state index in [2.05, 4.69) is 4.98 Å². The average Bonchev–Trinajstić information content (AvgIpc) is 2.83. The van der Waals surface area contributed by atoms with Crippen molar-refractivity contribution in [2.75, 3.05) is 0 Å². The summed E-state index contributed by atoms with van der Waals surface area (Å²) in [7, 11) is 0. The number of Topliss-reactive ketones (excluding diaryl/α,β-unsaturated/α-hetero) is 1. The highest BCUT2D eigenvalue weighted by molar-refractivity contribution is 6.31. The summed E-state index contributed by atoms with van der Waals surface area (Å²) in [6.07, 6.45) is 0.941. The second kappa shape index (κ2) is 5.70. The first kappa shape index (κ1) is 13.8. The van der Waals surface area contributed by atoms with Gasteiger partial charge in [0.2, 0.25) is 0 Å². The van der Waals surface area contributed by atoms with E-state index < -0.39 is 0 Å². The molecule has 3 nitrogen and oxygen atoms in total. The number of hydrogen-bond acceptors (Lipinski definition) is 3. The number of carbonyl (C=O) groups is 1. The van der Waals surface area contributed by atoms with Crippen molar-refractivity contribution >= 4 is 28.5 Å². The van der Waals surface area contributed by atoms with Crippen LogP contribution in [0.5, 0.6) is 0 Å². The third-order valence-corrected chi connectivity index (χ3v) is 3.60. The molecule has 1 heterocycles. The number of nitrogens with zero attached hydrogens (tertiary/aromatic N) is 1. The molecule has 0 fully saturated rings. The van der Waals surface area contributed by atoms with Crippen molar-refractivity contribution in [1.82, 2.24) is 4.98 Å². The molecule has 0 atom stereocenters. The minimum atomic E-state index is 0.123. The highest BCUT2D eigenvalue weighted by Gasteiger charge is 2.09. The Morgan fingerprint density at radius 1 is 1.24 bits per heavy atom. The number of halogens is 1. The van der Waals surface area contributed by atoms with Gasteiger partial charge in [-0.15, -0.1) is 0 Å². The van der Waals surface area contributed by atoms with E-state index in [1.165, 1.54) is 0 Å². The molecule has 0 amide bonds. The van der Waals surface area contributed by atoms with E-state index in [-0.39, 0.29) is 5.78 Å². The maximum Gasteiger partial charge on any atom is 0.199 e. The van der Waals surface area contributed by atoms with Gasteiger partial charge in [-0.3, -0.25) is 4.79 Å². The average molecular weight is 300 g/mol. The first-order valence-electron chi connectivity index (χ1n) is 6.73. The summed E-state index contributed by atoms with van der Waals surface area (Å²) >= 11 is 6.28. The van der Waals surface area contributed by atoms with Crippen molar-refractivity contribution in [3.8, 4) is 0 Å². The number of para-hydroxylation sites is 2. The Labute approximate surface area is 127 Å². The summed E-state index contributed by atoms with van der Waals surface area (Å²) in [6, 6.07) is 13.3. The first-order valence-corrected chi connectivity index (χ1v) is 7.11. The zero-order chi connectivity index (χ0) is 14.8. The van der Waals surface area contributed by atoms with Crippen molar-refractivity contribution in [3.63, 3.8) is 0 Å². The number of rotatable bonds is 4. The standard InChI is InChI=1S/C17H14ClNO2/c1-11(20)8-12-6-7-13(14(18)9-12)10-17-19-15-4-2-3-5-16(15)21-17/h2-7,9H,8,10H2,1H3. The number of oxazole rings is 1. The van der Waals surface area contributed by atoms with Crippen LogP contribution in [0, 0.1) is 0 Å². The summed E-state index contributed by atoms with van der Waals surface area (Å²) in [6.45, 7) is 1.57. The Kier molecular flexibility index (Phi) is 3.76. The monoisotopic (exact) mass is 299 g/mol. The van der Waals surface area contributed by atoms with Crippen molar-refractivity contribution < 1.29 is 9.21 Å². The molecule has 21 heavy (non-hydrogen) atoms. The summed E-state index contributed by atoms with van der Waals surface area (Å²) < 4.78 is 5.70. The van der Waals surface area contributed by atoms with Crippen LogP contribution in [0.15, 0.2) is 46.9 Å². The number of ketones is 1. The minimum Gasteiger partial charge on any atom is -0.440 e. The van der Waals surface area contributed by atoms with Crippen LogP contribution in [-0.4, -0.2) is 10.8 Å². The molecule has 0 N–H and O–H groups in total. The summed E-state index contributed by atoms with van der Waals surface area (Å²) in [4.78, 5) is 15.6. The van der Waals surface area contributed by atoms with Gasteiger partial charge in [-0.25, -0.2) is 4.98 Å². The fourth-order valence-electron chi connectivity index (χ4n) is 2.29. The second-order valence-corrected chi connectivity index (χ2v) is 5.46. The van der Waals surface area contributed by atoms with Gasteiger partial charge in [0.05, 0.1) is 6.42 Å². The van der Waals surface area contributed by atoms with E-state index in [0.29, 0.717) is 23.8 Å². The molecule has 0 unspecified atom stereocenters. The predicted octanol–water partition coefficient (Wildman–Crippen LogP) is 4.20. The summed E-state index contributed by atoms with van der Waals surface area (Å²) in [5, 5.41) is 0.635. The molecule has 0 radical (unpaired) electrons. The molecular formula is C17H14ClNO2. The molecule has 106 valence electrons. The fourth-order valence-corrected chi connectivity index (χ4v) is 2.56. The largest absolute Gasteiger partial charge is 0.440 e. The Morgan fingerprint density at radius 3 is 2.76 bits per heavy atom. The van der Waals surface area contributed by atoms with Gasteiger partial charge in [0.1, 0.15) is 11.3 Å². The van der Waals surface area contributed by atoms with Gasteiger partial charge in [0, 0.05) is 11.4 Å². The van der Waals surface area contributed by atoms with Gasteiger partial charge in [-0.05, 0) is 36.2 Å². The van der Waals surface area contributed by atoms with Crippen LogP contribution < -0.4 is 0 Å². The molecule has 0 aliphatic rings. The van der Waals surface area contributed by atoms with Gasteiger partial charge in [0.15, 0.2) is 11.5 Å². The lowest BCUT2D eigenvalue weighted by atomic mass is 10.1. The van der Waals surface area contributed by atoms with E-state index in [1.54, 1.807) is 6.92 Å². The van der Waals surface area contributed by atoms with Gasteiger partial charge in [0.25, 0.3) is 0 Å². The van der Waals surface area contributed by atoms with Crippen LogP contribution in [0.25, 0.3) is 11.1 Å². The lowest BCUT2D eigenvalue weighted by Gasteiger charge is -2.04. The fraction of sp³-hybridized carbons (Fsp3) is 0.176. The van der Waals surface area contributed by atoms with Crippen LogP contribution in [0.4, 0.5) is 0 Å². The molecule has 0 spiro atoms. The quantitative estimate of drug-likeness (QED) is 0.725. The maximum absolute atomic E-state index is 11.1. The molecule has 0 aliphatic carbocycles. The summed E-state index contributed by atoms with van der Waals surface area (Å²) in [5.41, 5.74) is 3.48. The molecular weight excluding hydrogens is 286 g/mol. The van der Waals surface area contributed by atoms with Crippen molar-refractivity contribution in [1.29, 1.82) is 0 Å². The van der Waals surface area contributed by atoms with Crippen LogP contribution in [0.3, 0.4) is 0 Å². The van der Waals surface area contributed by atoms with E-state index >= 15 is 0 Å². The number of benzene rings is 2. The van der Waals surface area contributed by atoms with Crippen molar-refractivity contribution in [2.45, 2.75) is 19.8 Å². The van der Waals surface area contributed by atoms with Gasteiger partial charge >= 0.3 is 0 Å². The molecule has 4 heteroatoms. The molecule has 2 aromatic carbocycles. The minimum absolute atomic E-state index is 0.123. The van der Waals surface area contributed by atoms with E-state index in [9.17, 15) is 4.79 Å². The van der Waals surface area contributed by atoms with E-state index in [1.807, 2.05) is 42.5 Å². The highest BCUT2D eigenvalue weighted by atomic mass is 35.5. The SMILES string of the molecule is CC(=O)Cc1ccc(Cc2nc3ccccc3o2)c(Cl)c1. The number of aromatic nitrogens is 1. The van der Waals surface area contributed by atoms with Gasteiger partial charge in [-0.2, -0.15) is 0 Å². The molecule has 3 rings (SSSR count). The molecule has 0 saturated heterocycles. The van der Waals surface area contributed by atoms with Gasteiger partial charge in [-0.1, -0.05) is 35.9 Å². The number of fused-ring (bicyclic) bond motifs is 1. The zero-order valence-electron chi connectivity index (χ0n) is 11.6. The molecule has 0 saturated carbocycles. The van der Waals surface area contributed by atoms with E-state index in [0.717, 1.165) is 22.2 Å². The maximum atomic E-state index is 11.1. The van der Waals surface area contributed by atoms with Crippen LogP contribution in [-0.2, 0) is 17.6 Å². The zero-order valence-corrected chi connectivity index (χ0v) is 12.4. The smallest absolute Gasteiger partial charge is 0.199 e. The normalized spacial score (nSPS) is 11.0. The molecule has 3 aromatic rings. The molecule has 0 aliphatic heterocycles. The van der Waals surface area contributed by atoms with Gasteiger partial charge < -0.3 is 4.42 Å². The van der Waals surface area contributed by atoms with Crippen LogP contribution in [0.1, 0.15) is 23.9 Å². The Morgan fingerprint density at radius 2 is 2.05 bits per heavy atom. The first-order chi connectivity index (χ1) is 10.1. The lowest BCUT2D eigenvalue weighted by Crippen LogP contribution is -1.97. The van der Waals surface area contributed by atoms with E-state index in [4.69, 9.17) is 16.0 Å². The van der Waals surface area contributed by atoms with Crippen LogP contribution in [0.2, 0.25) is 5.02 Å². The highest BCUT2D eigenvalue weighted by Crippen LogP contribution is 2.23. The lowest BCUT2D eigenvalue weighted by molar-refractivity contribution is -0.116. The van der Waals surface area contributed by atoms with Crippen molar-refractivity contribution in [3.05, 3.63) is 64.5 Å².